The summed E-state index contributed by atoms with van der Waals surface area (Å²) in [5, 5.41) is 5.94. The summed E-state index contributed by atoms with van der Waals surface area (Å²) < 4.78 is 13.9. The van der Waals surface area contributed by atoms with E-state index in [1.54, 1.807) is 17.0 Å². The number of carbonyl (C=O) groups excluding carboxylic acids is 2. The van der Waals surface area contributed by atoms with Crippen molar-refractivity contribution in [2.24, 2.45) is 0 Å². The molecule has 154 valence electrons. The summed E-state index contributed by atoms with van der Waals surface area (Å²) in [5.74, 6) is -0.813. The summed E-state index contributed by atoms with van der Waals surface area (Å²) in [4.78, 5) is 28.3. The third-order valence-corrected chi connectivity index (χ3v) is 4.90. The molecule has 1 heterocycles. The predicted molar refractivity (Wildman–Crippen MR) is 113 cm³/mol. The minimum atomic E-state index is -0.484. The van der Waals surface area contributed by atoms with Gasteiger partial charge >= 0.3 is 0 Å². The number of hydrogen-bond acceptors (Lipinski definition) is 4. The molecule has 2 aromatic rings. The molecule has 0 saturated carbocycles. The van der Waals surface area contributed by atoms with E-state index < -0.39 is 5.82 Å². The van der Waals surface area contributed by atoms with Gasteiger partial charge in [-0.05, 0) is 49.4 Å². The van der Waals surface area contributed by atoms with Crippen LogP contribution in [0.5, 0.6) is 0 Å². The quantitative estimate of drug-likeness (QED) is 0.704. The molecule has 1 aliphatic heterocycles. The second-order valence-corrected chi connectivity index (χ2v) is 7.03. The van der Waals surface area contributed by atoms with E-state index in [9.17, 15) is 14.0 Å². The van der Waals surface area contributed by atoms with Crippen LogP contribution >= 0.6 is 0 Å². The topological polar surface area (TPSA) is 64.7 Å². The summed E-state index contributed by atoms with van der Waals surface area (Å²) in [7, 11) is 0. The van der Waals surface area contributed by atoms with Gasteiger partial charge in [-0.1, -0.05) is 19.1 Å². The van der Waals surface area contributed by atoms with Gasteiger partial charge in [0.1, 0.15) is 5.82 Å². The number of nitrogens with one attached hydrogen (secondary N) is 2. The van der Waals surface area contributed by atoms with E-state index >= 15 is 0 Å². The van der Waals surface area contributed by atoms with Gasteiger partial charge < -0.3 is 20.4 Å². The van der Waals surface area contributed by atoms with Gasteiger partial charge in [-0.2, -0.15) is 0 Å². The highest BCUT2D eigenvalue weighted by Gasteiger charge is 2.24. The maximum Gasteiger partial charge on any atom is 0.256 e. The number of anilines is 2. The summed E-state index contributed by atoms with van der Waals surface area (Å²) in [6.07, 6.45) is 0.987. The van der Waals surface area contributed by atoms with Crippen LogP contribution in [-0.2, 0) is 4.79 Å². The van der Waals surface area contributed by atoms with Crippen LogP contribution in [0.4, 0.5) is 15.8 Å². The normalized spacial score (nSPS) is 14.0. The first-order valence-corrected chi connectivity index (χ1v) is 9.98. The zero-order valence-electron chi connectivity index (χ0n) is 16.7. The molecule has 0 aliphatic carbocycles. The van der Waals surface area contributed by atoms with E-state index in [0.717, 1.165) is 24.3 Å². The first-order chi connectivity index (χ1) is 14.1. The Morgan fingerprint density at radius 3 is 2.34 bits per heavy atom. The molecule has 0 aromatic heterocycles. The van der Waals surface area contributed by atoms with Crippen molar-refractivity contribution in [2.75, 3.05) is 49.5 Å². The lowest BCUT2D eigenvalue weighted by molar-refractivity contribution is -0.115. The lowest BCUT2D eigenvalue weighted by atomic mass is 10.1. The van der Waals surface area contributed by atoms with E-state index in [1.165, 1.54) is 12.1 Å². The maximum absolute atomic E-state index is 13.9. The van der Waals surface area contributed by atoms with Crippen LogP contribution in [0.25, 0.3) is 0 Å². The Morgan fingerprint density at radius 2 is 1.69 bits per heavy atom. The minimum Gasteiger partial charge on any atom is -0.368 e. The molecule has 0 radical (unpaired) electrons. The maximum atomic E-state index is 13.9. The second kappa shape index (κ2) is 10.0. The van der Waals surface area contributed by atoms with Gasteiger partial charge in [-0.25, -0.2) is 4.39 Å². The molecule has 29 heavy (non-hydrogen) atoms. The van der Waals surface area contributed by atoms with Gasteiger partial charge in [0.15, 0.2) is 0 Å². The molecule has 0 bridgehead atoms. The van der Waals surface area contributed by atoms with Crippen molar-refractivity contribution < 1.29 is 14.0 Å². The van der Waals surface area contributed by atoms with Crippen molar-refractivity contribution in [3.05, 3.63) is 59.9 Å². The van der Waals surface area contributed by atoms with Crippen molar-refractivity contribution >= 4 is 23.2 Å². The number of piperazine rings is 1. The van der Waals surface area contributed by atoms with Crippen molar-refractivity contribution in [2.45, 2.75) is 13.3 Å². The van der Waals surface area contributed by atoms with Crippen LogP contribution in [0.1, 0.15) is 23.7 Å². The highest BCUT2D eigenvalue weighted by Crippen LogP contribution is 2.20. The summed E-state index contributed by atoms with van der Waals surface area (Å²) in [5.41, 5.74) is 1.91. The summed E-state index contributed by atoms with van der Waals surface area (Å²) in [6, 6.07) is 13.8. The Kier molecular flexibility index (Phi) is 7.19. The number of halogens is 1. The fraction of sp³-hybridized carbons (Fsp3) is 0.364. The van der Waals surface area contributed by atoms with Gasteiger partial charge in [-0.3, -0.25) is 9.59 Å². The lowest BCUT2D eigenvalue weighted by Crippen LogP contribution is -2.49. The van der Waals surface area contributed by atoms with Crippen molar-refractivity contribution in [1.82, 2.24) is 10.2 Å². The molecule has 0 atom stereocenters. The Bertz CT molecular complexity index is 833. The number of rotatable bonds is 7. The van der Waals surface area contributed by atoms with Gasteiger partial charge in [-0.15, -0.1) is 0 Å². The largest absolute Gasteiger partial charge is 0.368 e. The molecule has 3 rings (SSSR count). The Hall–Kier alpha value is -2.93. The van der Waals surface area contributed by atoms with E-state index in [-0.39, 0.29) is 17.4 Å². The fourth-order valence-corrected chi connectivity index (χ4v) is 3.31. The van der Waals surface area contributed by atoms with Crippen molar-refractivity contribution in [1.29, 1.82) is 0 Å². The van der Waals surface area contributed by atoms with E-state index in [0.29, 0.717) is 32.7 Å². The molecule has 7 heteroatoms. The van der Waals surface area contributed by atoms with E-state index in [1.807, 2.05) is 24.3 Å². The first-order valence-electron chi connectivity index (χ1n) is 9.98. The van der Waals surface area contributed by atoms with E-state index in [2.05, 4.69) is 22.5 Å². The van der Waals surface area contributed by atoms with Crippen molar-refractivity contribution in [3.8, 4) is 0 Å². The molecular formula is C22H27FN4O2. The van der Waals surface area contributed by atoms with Crippen LogP contribution in [0.3, 0.4) is 0 Å². The first kappa shape index (κ1) is 20.8. The number of carbonyl (C=O) groups is 2. The van der Waals surface area contributed by atoms with Crippen LogP contribution in [0.2, 0.25) is 0 Å². The van der Waals surface area contributed by atoms with Crippen LogP contribution in [-0.4, -0.2) is 56.0 Å². The van der Waals surface area contributed by atoms with Crippen LogP contribution in [0, 0.1) is 5.82 Å². The van der Waals surface area contributed by atoms with Crippen molar-refractivity contribution in [3.63, 3.8) is 0 Å². The highest BCUT2D eigenvalue weighted by molar-refractivity contribution is 5.94. The Labute approximate surface area is 170 Å². The monoisotopic (exact) mass is 398 g/mol. The second-order valence-electron chi connectivity index (χ2n) is 7.03. The molecule has 1 aliphatic rings. The highest BCUT2D eigenvalue weighted by atomic mass is 19.1. The number of hydrogen-bond donors (Lipinski definition) is 2. The minimum absolute atomic E-state index is 0.0635. The smallest absolute Gasteiger partial charge is 0.256 e. The summed E-state index contributed by atoms with van der Waals surface area (Å²) >= 11 is 0. The SMILES string of the molecule is CCCNCC(=O)Nc1ccc(N2CCN(C(=O)c3ccccc3F)CC2)cc1. The molecule has 1 saturated heterocycles. The standard InChI is InChI=1S/C22H27FN4O2/c1-2-11-24-16-21(28)25-17-7-9-18(10-8-17)26-12-14-27(15-13-26)22(29)19-5-3-4-6-20(19)23/h3-10,24H,2,11-16H2,1H3,(H,25,28). The van der Waals surface area contributed by atoms with Gasteiger partial charge in [0, 0.05) is 37.6 Å². The molecule has 6 nitrogen and oxygen atoms in total. The van der Waals surface area contributed by atoms with Gasteiger partial charge in [0.25, 0.3) is 5.91 Å². The molecule has 1 fully saturated rings. The molecule has 2 aromatic carbocycles. The van der Waals surface area contributed by atoms with Crippen LogP contribution in [0.15, 0.2) is 48.5 Å². The Balaban J connectivity index is 1.51. The predicted octanol–water partition coefficient (Wildman–Crippen LogP) is 2.73. The average molecular weight is 398 g/mol. The molecule has 0 unspecified atom stereocenters. The summed E-state index contributed by atoms with van der Waals surface area (Å²) in [6.45, 7) is 5.59. The molecule has 2 N–H and O–H groups in total. The molecular weight excluding hydrogens is 371 g/mol. The Morgan fingerprint density at radius 1 is 1.00 bits per heavy atom. The van der Waals surface area contributed by atoms with Gasteiger partial charge in [0.2, 0.25) is 5.91 Å². The molecule has 2 amide bonds. The zero-order valence-corrected chi connectivity index (χ0v) is 16.7. The van der Waals surface area contributed by atoms with Gasteiger partial charge in [0.05, 0.1) is 12.1 Å². The van der Waals surface area contributed by atoms with Crippen LogP contribution < -0.4 is 15.5 Å². The van der Waals surface area contributed by atoms with E-state index in [4.69, 9.17) is 0 Å². The third kappa shape index (κ3) is 5.54. The third-order valence-electron chi connectivity index (χ3n) is 4.90. The molecule has 0 spiro atoms. The zero-order chi connectivity index (χ0) is 20.6. The number of nitrogens with zero attached hydrogens (tertiary/aromatic N) is 2. The number of benzene rings is 2. The lowest BCUT2D eigenvalue weighted by Gasteiger charge is -2.36. The fourth-order valence-electron chi connectivity index (χ4n) is 3.31. The number of amides is 2. The average Bonchev–Trinajstić information content (AvgIpc) is 2.74.